The number of aryl methyl sites for hydroxylation is 1. The molecular weight excluding hydrogens is 465 g/mol. The van der Waals surface area contributed by atoms with Crippen molar-refractivity contribution in [1.82, 2.24) is 15.2 Å². The van der Waals surface area contributed by atoms with Crippen molar-refractivity contribution in [2.75, 3.05) is 32.8 Å². The largest absolute Gasteiger partial charge is 0.379 e. The predicted octanol–water partition coefficient (Wildman–Crippen LogP) is 5.42. The second kappa shape index (κ2) is 11.9. The van der Waals surface area contributed by atoms with E-state index in [4.69, 9.17) is 21.3 Å². The van der Waals surface area contributed by atoms with E-state index in [2.05, 4.69) is 22.3 Å². The highest BCUT2D eigenvalue weighted by Crippen LogP contribution is 2.30. The highest BCUT2D eigenvalue weighted by molar-refractivity contribution is 6.31. The molecule has 0 spiro atoms. The van der Waals surface area contributed by atoms with E-state index in [9.17, 15) is 9.18 Å². The molecule has 0 unspecified atom stereocenters. The number of unbranched alkanes of at least 4 members (excludes halogenated alkanes) is 1. The number of halogens is 2. The quantitative estimate of drug-likeness (QED) is 0.401. The van der Waals surface area contributed by atoms with E-state index in [0.717, 1.165) is 68.6 Å². The zero-order valence-electron chi connectivity index (χ0n) is 20.4. The number of fused-ring (bicyclic) bond motifs is 1. The molecule has 1 N–H and O–H groups in total. The molecule has 1 amide bonds. The fourth-order valence-electron chi connectivity index (χ4n) is 4.49. The highest BCUT2D eigenvalue weighted by Gasteiger charge is 2.15. The maximum atomic E-state index is 13.8. The number of hydrogen-bond donors (Lipinski definition) is 1. The van der Waals surface area contributed by atoms with Crippen LogP contribution in [-0.2, 0) is 22.4 Å². The van der Waals surface area contributed by atoms with Gasteiger partial charge in [0.2, 0.25) is 5.91 Å². The highest BCUT2D eigenvalue weighted by atomic mass is 35.5. The van der Waals surface area contributed by atoms with Gasteiger partial charge < -0.3 is 10.1 Å². The maximum absolute atomic E-state index is 13.8. The first-order valence-corrected chi connectivity index (χ1v) is 12.7. The molecule has 0 atom stereocenters. The number of morpholine rings is 1. The summed E-state index contributed by atoms with van der Waals surface area (Å²) in [5, 5.41) is 3.98. The lowest BCUT2D eigenvalue weighted by atomic mass is 9.98. The fourth-order valence-corrected chi connectivity index (χ4v) is 4.67. The van der Waals surface area contributed by atoms with Gasteiger partial charge in [0.05, 0.1) is 35.9 Å². The van der Waals surface area contributed by atoms with Crippen molar-refractivity contribution >= 4 is 28.4 Å². The van der Waals surface area contributed by atoms with Crippen LogP contribution in [-0.4, -0.2) is 54.7 Å². The molecule has 3 aromatic rings. The van der Waals surface area contributed by atoms with E-state index in [1.54, 1.807) is 12.1 Å². The van der Waals surface area contributed by atoms with Gasteiger partial charge in [0.1, 0.15) is 5.82 Å². The van der Waals surface area contributed by atoms with Crippen LogP contribution < -0.4 is 5.32 Å². The van der Waals surface area contributed by atoms with Gasteiger partial charge in [-0.1, -0.05) is 17.7 Å². The summed E-state index contributed by atoms with van der Waals surface area (Å²) in [6.45, 7) is 8.69. The van der Waals surface area contributed by atoms with Crippen LogP contribution in [0.3, 0.4) is 0 Å². The minimum atomic E-state index is -0.478. The fraction of sp³-hybridized carbons (Fsp3) is 0.429. The molecule has 0 aliphatic carbocycles. The first-order chi connectivity index (χ1) is 16.9. The van der Waals surface area contributed by atoms with Crippen molar-refractivity contribution in [2.24, 2.45) is 0 Å². The molecule has 4 rings (SSSR count). The lowest BCUT2D eigenvalue weighted by molar-refractivity contribution is -0.120. The van der Waals surface area contributed by atoms with Gasteiger partial charge in [-0.2, -0.15) is 0 Å². The monoisotopic (exact) mass is 497 g/mol. The average Bonchev–Trinajstić information content (AvgIpc) is 2.83. The van der Waals surface area contributed by atoms with Crippen LogP contribution in [0.2, 0.25) is 5.02 Å². The molecule has 2 aromatic carbocycles. The van der Waals surface area contributed by atoms with Crippen LogP contribution in [0.4, 0.5) is 4.39 Å². The molecule has 0 saturated carbocycles. The summed E-state index contributed by atoms with van der Waals surface area (Å²) >= 11 is 6.05. The topological polar surface area (TPSA) is 54.5 Å². The maximum Gasteiger partial charge on any atom is 0.224 e. The van der Waals surface area contributed by atoms with Crippen molar-refractivity contribution < 1.29 is 13.9 Å². The molecule has 5 nitrogen and oxygen atoms in total. The molecule has 35 heavy (non-hydrogen) atoms. The minimum Gasteiger partial charge on any atom is -0.379 e. The predicted molar refractivity (Wildman–Crippen MR) is 139 cm³/mol. The van der Waals surface area contributed by atoms with Crippen molar-refractivity contribution in [3.63, 3.8) is 0 Å². The minimum absolute atomic E-state index is 0.0365. The number of benzene rings is 2. The normalized spacial score (nSPS) is 14.5. The Kier molecular flexibility index (Phi) is 8.71. The van der Waals surface area contributed by atoms with Gasteiger partial charge >= 0.3 is 0 Å². The Bertz CT molecular complexity index is 1180. The van der Waals surface area contributed by atoms with Crippen molar-refractivity contribution in [3.05, 3.63) is 64.4 Å². The zero-order valence-corrected chi connectivity index (χ0v) is 21.2. The average molecular weight is 498 g/mol. The summed E-state index contributed by atoms with van der Waals surface area (Å²) in [5.41, 5.74) is 4.24. The Hall–Kier alpha value is -2.54. The molecule has 7 heteroatoms. The number of aromatic nitrogens is 1. The second-order valence-electron chi connectivity index (χ2n) is 9.46. The molecule has 0 radical (unpaired) electrons. The third-order valence-electron chi connectivity index (χ3n) is 6.25. The van der Waals surface area contributed by atoms with Gasteiger partial charge in [0.25, 0.3) is 0 Å². The summed E-state index contributed by atoms with van der Waals surface area (Å²) in [7, 11) is 0. The molecule has 1 aromatic heterocycles. The Morgan fingerprint density at radius 3 is 2.69 bits per heavy atom. The standard InChI is InChI=1S/C28H33ClFN3O2/c1-19(2)31-27(34)18-23-16-22-15-20(5-3-4-10-33-11-13-35-14-12-33)6-9-26(22)32-28(23)21-7-8-25(30)24(29)17-21/h6-9,15-17,19H,3-5,10-14,18H2,1-2H3,(H,31,34). The third kappa shape index (κ3) is 7.00. The zero-order chi connectivity index (χ0) is 24.8. The Labute approximate surface area is 211 Å². The summed E-state index contributed by atoms with van der Waals surface area (Å²) in [4.78, 5) is 19.9. The lowest BCUT2D eigenvalue weighted by Gasteiger charge is -2.26. The van der Waals surface area contributed by atoms with E-state index in [1.165, 1.54) is 11.6 Å². The van der Waals surface area contributed by atoms with Gasteiger partial charge in [0.15, 0.2) is 0 Å². The summed E-state index contributed by atoms with van der Waals surface area (Å²) in [6, 6.07) is 13.0. The molecule has 0 bridgehead atoms. The summed E-state index contributed by atoms with van der Waals surface area (Å²) in [5.74, 6) is -0.552. The van der Waals surface area contributed by atoms with Gasteiger partial charge in [-0.05, 0) is 87.2 Å². The number of amides is 1. The SMILES string of the molecule is CC(C)NC(=O)Cc1cc2cc(CCCCN3CCOCC3)ccc2nc1-c1ccc(F)c(Cl)c1. The van der Waals surface area contributed by atoms with Gasteiger partial charge in [0, 0.05) is 30.1 Å². The molecule has 1 aliphatic rings. The molecule has 1 aliphatic heterocycles. The van der Waals surface area contributed by atoms with Crippen molar-refractivity contribution in [1.29, 1.82) is 0 Å². The van der Waals surface area contributed by atoms with Crippen molar-refractivity contribution in [2.45, 2.75) is 45.6 Å². The van der Waals surface area contributed by atoms with E-state index < -0.39 is 5.82 Å². The number of rotatable bonds is 9. The second-order valence-corrected chi connectivity index (χ2v) is 9.87. The van der Waals surface area contributed by atoms with E-state index in [-0.39, 0.29) is 23.4 Å². The summed E-state index contributed by atoms with van der Waals surface area (Å²) in [6.07, 6.45) is 3.46. The van der Waals surface area contributed by atoms with Crippen LogP contribution in [0, 0.1) is 5.82 Å². The van der Waals surface area contributed by atoms with Gasteiger partial charge in [-0.25, -0.2) is 9.37 Å². The van der Waals surface area contributed by atoms with Gasteiger partial charge in [-0.3, -0.25) is 9.69 Å². The number of carbonyl (C=O) groups excluding carboxylic acids is 1. The smallest absolute Gasteiger partial charge is 0.224 e. The molecular formula is C28H33ClFN3O2. The first-order valence-electron chi connectivity index (χ1n) is 12.4. The van der Waals surface area contributed by atoms with Crippen LogP contribution in [0.25, 0.3) is 22.2 Å². The number of hydrogen-bond acceptors (Lipinski definition) is 4. The van der Waals surface area contributed by atoms with Crippen LogP contribution in [0.15, 0.2) is 42.5 Å². The number of ether oxygens (including phenoxy) is 1. The Morgan fingerprint density at radius 2 is 1.94 bits per heavy atom. The van der Waals surface area contributed by atoms with E-state index in [0.29, 0.717) is 11.3 Å². The van der Waals surface area contributed by atoms with E-state index in [1.807, 2.05) is 26.0 Å². The number of pyridine rings is 1. The van der Waals surface area contributed by atoms with Gasteiger partial charge in [-0.15, -0.1) is 0 Å². The van der Waals surface area contributed by atoms with Crippen LogP contribution >= 0.6 is 11.6 Å². The van der Waals surface area contributed by atoms with Crippen LogP contribution in [0.5, 0.6) is 0 Å². The Balaban J connectivity index is 1.55. The molecule has 1 saturated heterocycles. The third-order valence-corrected chi connectivity index (χ3v) is 6.53. The number of carbonyl (C=O) groups is 1. The number of nitrogens with zero attached hydrogens (tertiary/aromatic N) is 2. The molecule has 2 heterocycles. The molecule has 186 valence electrons. The van der Waals surface area contributed by atoms with Crippen LogP contribution in [0.1, 0.15) is 37.8 Å². The number of nitrogens with one attached hydrogen (secondary N) is 1. The first kappa shape index (κ1) is 25.5. The van der Waals surface area contributed by atoms with E-state index >= 15 is 0 Å². The Morgan fingerprint density at radius 1 is 1.14 bits per heavy atom. The lowest BCUT2D eigenvalue weighted by Crippen LogP contribution is -2.36. The molecule has 1 fully saturated rings. The summed E-state index contributed by atoms with van der Waals surface area (Å²) < 4.78 is 19.2. The van der Waals surface area contributed by atoms with Crippen molar-refractivity contribution in [3.8, 4) is 11.3 Å².